The molecular formula is C12H13NO5S. The summed E-state index contributed by atoms with van der Waals surface area (Å²) in [5.41, 5.74) is 0.342. The van der Waals surface area contributed by atoms with Crippen LogP contribution in [0.4, 0.5) is 0 Å². The Morgan fingerprint density at radius 1 is 1.42 bits per heavy atom. The van der Waals surface area contributed by atoms with E-state index in [9.17, 15) is 13.2 Å². The van der Waals surface area contributed by atoms with Crippen molar-refractivity contribution in [2.75, 3.05) is 13.8 Å². The number of nitrogens with zero attached hydrogens (tertiary/aromatic N) is 1. The standard InChI is InChI=1S/C12H13NO5S/c1-9-12(13(2)8-17-9)19(15,16)18-11-5-3-4-10(6-11)7-14/h3-7H,8H2,1-2H3. The molecule has 0 N–H and O–H groups in total. The monoisotopic (exact) mass is 283 g/mol. The van der Waals surface area contributed by atoms with E-state index in [0.717, 1.165) is 0 Å². The van der Waals surface area contributed by atoms with Gasteiger partial charge in [-0.3, -0.25) is 4.79 Å². The molecule has 0 atom stereocenters. The number of aldehydes is 1. The lowest BCUT2D eigenvalue weighted by Gasteiger charge is -2.14. The molecule has 0 saturated heterocycles. The minimum absolute atomic E-state index is 0.0102. The van der Waals surface area contributed by atoms with Crippen LogP contribution in [0.15, 0.2) is 35.1 Å². The average Bonchev–Trinajstić information content (AvgIpc) is 2.69. The second-order valence-electron chi connectivity index (χ2n) is 4.06. The van der Waals surface area contributed by atoms with E-state index in [1.165, 1.54) is 17.0 Å². The maximum Gasteiger partial charge on any atom is 0.358 e. The van der Waals surface area contributed by atoms with E-state index in [1.54, 1.807) is 26.1 Å². The molecule has 0 aliphatic carbocycles. The van der Waals surface area contributed by atoms with Crippen molar-refractivity contribution < 1.29 is 22.1 Å². The zero-order valence-corrected chi connectivity index (χ0v) is 11.3. The van der Waals surface area contributed by atoms with Crippen molar-refractivity contribution in [1.82, 2.24) is 4.90 Å². The summed E-state index contributed by atoms with van der Waals surface area (Å²) in [5, 5.41) is -0.0102. The van der Waals surface area contributed by atoms with E-state index >= 15 is 0 Å². The zero-order valence-electron chi connectivity index (χ0n) is 10.5. The molecule has 0 amide bonds. The van der Waals surface area contributed by atoms with Gasteiger partial charge < -0.3 is 13.8 Å². The quantitative estimate of drug-likeness (QED) is 0.613. The number of ether oxygens (including phenoxy) is 1. The van der Waals surface area contributed by atoms with Gasteiger partial charge in [0.25, 0.3) is 0 Å². The molecule has 0 radical (unpaired) electrons. The molecule has 0 saturated carbocycles. The summed E-state index contributed by atoms with van der Waals surface area (Å²) >= 11 is 0. The van der Waals surface area contributed by atoms with E-state index in [0.29, 0.717) is 11.8 Å². The Morgan fingerprint density at radius 3 is 2.74 bits per heavy atom. The third-order valence-electron chi connectivity index (χ3n) is 2.56. The first kappa shape index (κ1) is 13.4. The number of carbonyl (C=O) groups excluding carboxylic acids is 1. The Kier molecular flexibility index (Phi) is 3.48. The summed E-state index contributed by atoms with van der Waals surface area (Å²) in [6, 6.07) is 5.93. The van der Waals surface area contributed by atoms with E-state index in [2.05, 4.69) is 0 Å². The van der Waals surface area contributed by atoms with Crippen LogP contribution in [0.25, 0.3) is 0 Å². The van der Waals surface area contributed by atoms with Gasteiger partial charge in [-0.1, -0.05) is 12.1 Å². The summed E-state index contributed by atoms with van der Waals surface area (Å²) in [6.45, 7) is 1.72. The van der Waals surface area contributed by atoms with E-state index in [4.69, 9.17) is 8.92 Å². The first-order valence-corrected chi connectivity index (χ1v) is 6.89. The number of carbonyl (C=O) groups is 1. The summed E-state index contributed by atoms with van der Waals surface area (Å²) in [6.07, 6.45) is 0.620. The highest BCUT2D eigenvalue weighted by molar-refractivity contribution is 7.91. The predicted molar refractivity (Wildman–Crippen MR) is 67.8 cm³/mol. The topological polar surface area (TPSA) is 72.9 Å². The lowest BCUT2D eigenvalue weighted by molar-refractivity contribution is 0.112. The van der Waals surface area contributed by atoms with Gasteiger partial charge in [0.05, 0.1) is 0 Å². The molecule has 19 heavy (non-hydrogen) atoms. The van der Waals surface area contributed by atoms with E-state index < -0.39 is 10.1 Å². The highest BCUT2D eigenvalue weighted by Gasteiger charge is 2.32. The number of hydrogen-bond donors (Lipinski definition) is 0. The minimum Gasteiger partial charge on any atom is -0.475 e. The molecule has 0 unspecified atom stereocenters. The molecule has 1 aliphatic rings. The fourth-order valence-electron chi connectivity index (χ4n) is 1.76. The van der Waals surface area contributed by atoms with Gasteiger partial charge in [0.2, 0.25) is 5.03 Å². The predicted octanol–water partition coefficient (Wildman–Crippen LogP) is 1.32. The second-order valence-corrected chi connectivity index (χ2v) is 5.52. The Morgan fingerprint density at radius 2 is 2.16 bits per heavy atom. The fraction of sp³-hybridized carbons (Fsp3) is 0.250. The van der Waals surface area contributed by atoms with E-state index in [1.807, 2.05) is 0 Å². The molecular weight excluding hydrogens is 270 g/mol. The number of hydrogen-bond acceptors (Lipinski definition) is 6. The largest absolute Gasteiger partial charge is 0.475 e. The molecule has 1 aromatic carbocycles. The molecule has 1 aromatic rings. The SMILES string of the molecule is CC1=C(S(=O)(=O)Oc2cccc(C=O)c2)N(C)CO1. The summed E-state index contributed by atoms with van der Waals surface area (Å²) in [4.78, 5) is 12.1. The molecule has 0 bridgehead atoms. The Hall–Kier alpha value is -2.02. The Labute approximate surface area is 111 Å². The van der Waals surface area contributed by atoms with E-state index in [-0.39, 0.29) is 23.3 Å². The molecule has 1 aliphatic heterocycles. The molecule has 102 valence electrons. The summed E-state index contributed by atoms with van der Waals surface area (Å²) in [5.74, 6) is 0.374. The van der Waals surface area contributed by atoms with Gasteiger partial charge in [-0.05, 0) is 19.1 Å². The van der Waals surface area contributed by atoms with Gasteiger partial charge in [0.15, 0.2) is 6.73 Å². The lowest BCUT2D eigenvalue weighted by Crippen LogP contribution is -2.24. The molecule has 7 heteroatoms. The van der Waals surface area contributed by atoms with Gasteiger partial charge >= 0.3 is 10.1 Å². The average molecular weight is 283 g/mol. The van der Waals surface area contributed by atoms with Gasteiger partial charge in [-0.25, -0.2) is 0 Å². The van der Waals surface area contributed by atoms with Crippen LogP contribution in [0.2, 0.25) is 0 Å². The highest BCUT2D eigenvalue weighted by Crippen LogP contribution is 2.26. The minimum atomic E-state index is -3.97. The molecule has 0 spiro atoms. The molecule has 0 fully saturated rings. The van der Waals surface area contributed by atoms with Crippen molar-refractivity contribution in [2.45, 2.75) is 6.92 Å². The van der Waals surface area contributed by atoms with Crippen LogP contribution in [0.3, 0.4) is 0 Å². The molecule has 6 nitrogen and oxygen atoms in total. The summed E-state index contributed by atoms with van der Waals surface area (Å²) in [7, 11) is -2.38. The zero-order chi connectivity index (χ0) is 14.0. The van der Waals surface area contributed by atoms with Gasteiger partial charge in [0.1, 0.15) is 17.8 Å². The van der Waals surface area contributed by atoms with Crippen LogP contribution in [0, 0.1) is 0 Å². The van der Waals surface area contributed by atoms with Crippen LogP contribution >= 0.6 is 0 Å². The van der Waals surface area contributed by atoms with Gasteiger partial charge in [-0.15, -0.1) is 0 Å². The third-order valence-corrected chi connectivity index (χ3v) is 4.04. The maximum atomic E-state index is 12.1. The number of allylic oxidation sites excluding steroid dienone is 1. The van der Waals surface area contributed by atoms with Gasteiger partial charge in [-0.2, -0.15) is 8.42 Å². The van der Waals surface area contributed by atoms with Crippen LogP contribution in [-0.4, -0.2) is 33.4 Å². The van der Waals surface area contributed by atoms with Crippen molar-refractivity contribution in [1.29, 1.82) is 0 Å². The third kappa shape index (κ3) is 2.70. The second kappa shape index (κ2) is 4.93. The van der Waals surface area contributed by atoms with Crippen molar-refractivity contribution in [3.63, 3.8) is 0 Å². The van der Waals surface area contributed by atoms with Crippen LogP contribution in [0.1, 0.15) is 17.3 Å². The lowest BCUT2D eigenvalue weighted by atomic mass is 10.2. The molecule has 2 rings (SSSR count). The number of benzene rings is 1. The Bertz CT molecular complexity index is 635. The van der Waals surface area contributed by atoms with Crippen molar-refractivity contribution in [3.8, 4) is 5.75 Å². The molecule has 1 heterocycles. The highest BCUT2D eigenvalue weighted by atomic mass is 32.2. The Balaban J connectivity index is 2.31. The van der Waals surface area contributed by atoms with Crippen LogP contribution < -0.4 is 4.18 Å². The maximum absolute atomic E-state index is 12.1. The van der Waals surface area contributed by atoms with Gasteiger partial charge in [0, 0.05) is 12.6 Å². The first-order chi connectivity index (χ1) is 8.94. The first-order valence-electron chi connectivity index (χ1n) is 5.48. The van der Waals surface area contributed by atoms with Crippen molar-refractivity contribution in [3.05, 3.63) is 40.6 Å². The summed E-state index contributed by atoms with van der Waals surface area (Å²) < 4.78 is 34.4. The fourth-order valence-corrected chi connectivity index (χ4v) is 3.04. The van der Waals surface area contributed by atoms with Crippen LogP contribution in [0.5, 0.6) is 5.75 Å². The molecule has 0 aromatic heterocycles. The van der Waals surface area contributed by atoms with Crippen molar-refractivity contribution >= 4 is 16.4 Å². The van der Waals surface area contributed by atoms with Crippen LogP contribution in [-0.2, 0) is 14.9 Å². The smallest absolute Gasteiger partial charge is 0.358 e. The number of rotatable bonds is 4. The van der Waals surface area contributed by atoms with Crippen molar-refractivity contribution in [2.24, 2.45) is 0 Å². The normalized spacial score (nSPS) is 15.4.